The number of hydrogen-bond acceptors (Lipinski definition) is 3. The Hall–Kier alpha value is -2.36. The number of nitrogens with zero attached hydrogens (tertiary/aromatic N) is 1. The van der Waals surface area contributed by atoms with Crippen molar-refractivity contribution in [1.29, 1.82) is 0 Å². The van der Waals surface area contributed by atoms with Gasteiger partial charge in [0.15, 0.2) is 0 Å². The molecule has 0 saturated heterocycles. The van der Waals surface area contributed by atoms with Gasteiger partial charge in [0.1, 0.15) is 0 Å². The molecule has 19 heavy (non-hydrogen) atoms. The summed E-state index contributed by atoms with van der Waals surface area (Å²) in [6.45, 7) is 2.73. The normalized spacial score (nSPS) is 10.0. The van der Waals surface area contributed by atoms with Crippen molar-refractivity contribution in [3.8, 4) is 0 Å². The van der Waals surface area contributed by atoms with Crippen molar-refractivity contribution >= 4 is 11.6 Å². The van der Waals surface area contributed by atoms with Gasteiger partial charge in [0, 0.05) is 37.2 Å². The molecule has 1 aromatic heterocycles. The molecule has 0 saturated carbocycles. The second-order valence-electron chi connectivity index (χ2n) is 4.32. The van der Waals surface area contributed by atoms with Crippen molar-refractivity contribution in [1.82, 2.24) is 10.3 Å². The largest absolute Gasteiger partial charge is 0.381 e. The number of aromatic nitrogens is 1. The summed E-state index contributed by atoms with van der Waals surface area (Å²) in [7, 11) is 1.63. The van der Waals surface area contributed by atoms with Crippen molar-refractivity contribution < 1.29 is 4.79 Å². The Morgan fingerprint density at radius 3 is 2.63 bits per heavy atom. The summed E-state index contributed by atoms with van der Waals surface area (Å²) in [4.78, 5) is 15.6. The minimum absolute atomic E-state index is 0.0769. The van der Waals surface area contributed by atoms with Gasteiger partial charge in [-0.25, -0.2) is 0 Å². The lowest BCUT2D eigenvalue weighted by molar-refractivity contribution is 0.0963. The Morgan fingerprint density at radius 2 is 1.95 bits per heavy atom. The third-order valence-electron chi connectivity index (χ3n) is 2.96. The van der Waals surface area contributed by atoms with Gasteiger partial charge in [-0.1, -0.05) is 6.07 Å². The Balaban J connectivity index is 2.13. The molecular formula is C15H17N3O. The van der Waals surface area contributed by atoms with Crippen LogP contribution in [-0.4, -0.2) is 17.9 Å². The molecule has 4 heteroatoms. The fourth-order valence-corrected chi connectivity index (χ4v) is 1.80. The zero-order valence-corrected chi connectivity index (χ0v) is 11.1. The maximum atomic E-state index is 11.6. The minimum atomic E-state index is -0.0769. The van der Waals surface area contributed by atoms with Crippen LogP contribution in [0.25, 0.3) is 0 Å². The van der Waals surface area contributed by atoms with E-state index in [1.54, 1.807) is 19.4 Å². The molecule has 0 aliphatic carbocycles. The maximum Gasteiger partial charge on any atom is 0.251 e. The molecule has 1 amide bonds. The first kappa shape index (κ1) is 13.1. The second-order valence-corrected chi connectivity index (χ2v) is 4.32. The van der Waals surface area contributed by atoms with Gasteiger partial charge in [-0.15, -0.1) is 0 Å². The first-order chi connectivity index (χ1) is 9.20. The van der Waals surface area contributed by atoms with Crippen LogP contribution in [0.4, 0.5) is 5.69 Å². The van der Waals surface area contributed by atoms with Gasteiger partial charge in [0.2, 0.25) is 0 Å². The number of pyridine rings is 1. The van der Waals surface area contributed by atoms with E-state index in [1.807, 2.05) is 37.3 Å². The number of nitrogens with one attached hydrogen (secondary N) is 2. The van der Waals surface area contributed by atoms with Crippen molar-refractivity contribution in [3.63, 3.8) is 0 Å². The first-order valence-electron chi connectivity index (χ1n) is 6.16. The highest BCUT2D eigenvalue weighted by molar-refractivity contribution is 5.95. The van der Waals surface area contributed by atoms with Crippen LogP contribution >= 0.6 is 0 Å². The van der Waals surface area contributed by atoms with Crippen LogP contribution in [0.5, 0.6) is 0 Å². The molecular weight excluding hydrogens is 238 g/mol. The topological polar surface area (TPSA) is 54.0 Å². The van der Waals surface area contributed by atoms with Crippen LogP contribution in [0, 0.1) is 6.92 Å². The van der Waals surface area contributed by atoms with E-state index in [9.17, 15) is 4.79 Å². The van der Waals surface area contributed by atoms with E-state index in [-0.39, 0.29) is 5.91 Å². The summed E-state index contributed by atoms with van der Waals surface area (Å²) in [5.41, 5.74) is 3.89. The SMILES string of the molecule is CNC(=O)c1ccc(C)c(NCc2ccncc2)c1. The molecule has 1 heterocycles. The van der Waals surface area contributed by atoms with Crippen LogP contribution in [0.15, 0.2) is 42.7 Å². The molecule has 98 valence electrons. The summed E-state index contributed by atoms with van der Waals surface area (Å²) in [5, 5.41) is 5.97. The molecule has 0 unspecified atom stereocenters. The lowest BCUT2D eigenvalue weighted by Gasteiger charge is -2.11. The van der Waals surface area contributed by atoms with Crippen molar-refractivity contribution in [2.75, 3.05) is 12.4 Å². The van der Waals surface area contributed by atoms with E-state index in [1.165, 1.54) is 0 Å². The van der Waals surface area contributed by atoms with Gasteiger partial charge in [0.25, 0.3) is 5.91 Å². The minimum Gasteiger partial charge on any atom is -0.381 e. The molecule has 0 fully saturated rings. The van der Waals surface area contributed by atoms with Crippen LogP contribution < -0.4 is 10.6 Å². The fourth-order valence-electron chi connectivity index (χ4n) is 1.80. The van der Waals surface area contributed by atoms with Crippen LogP contribution in [0.3, 0.4) is 0 Å². The highest BCUT2D eigenvalue weighted by Crippen LogP contribution is 2.17. The van der Waals surface area contributed by atoms with Gasteiger partial charge in [-0.05, 0) is 42.3 Å². The average molecular weight is 255 g/mol. The number of anilines is 1. The molecule has 1 aromatic carbocycles. The van der Waals surface area contributed by atoms with Crippen LogP contribution in [-0.2, 0) is 6.54 Å². The van der Waals surface area contributed by atoms with Crippen LogP contribution in [0.2, 0.25) is 0 Å². The van der Waals surface area contributed by atoms with E-state index in [0.29, 0.717) is 12.1 Å². The van der Waals surface area contributed by atoms with E-state index < -0.39 is 0 Å². The van der Waals surface area contributed by atoms with Gasteiger partial charge in [-0.2, -0.15) is 0 Å². The maximum absolute atomic E-state index is 11.6. The lowest BCUT2D eigenvalue weighted by Crippen LogP contribution is -2.18. The Kier molecular flexibility index (Phi) is 4.13. The highest BCUT2D eigenvalue weighted by Gasteiger charge is 2.06. The molecule has 2 N–H and O–H groups in total. The molecule has 0 atom stereocenters. The molecule has 2 aromatic rings. The Bertz CT molecular complexity index is 567. The third-order valence-corrected chi connectivity index (χ3v) is 2.96. The summed E-state index contributed by atoms with van der Waals surface area (Å²) >= 11 is 0. The number of carbonyl (C=O) groups is 1. The van der Waals surface area contributed by atoms with Gasteiger partial charge in [-0.3, -0.25) is 9.78 Å². The molecule has 4 nitrogen and oxygen atoms in total. The van der Waals surface area contributed by atoms with Crippen molar-refractivity contribution in [3.05, 3.63) is 59.4 Å². The number of hydrogen-bond donors (Lipinski definition) is 2. The number of aryl methyl sites for hydroxylation is 1. The van der Waals surface area contributed by atoms with E-state index in [2.05, 4.69) is 15.6 Å². The molecule has 0 aliphatic heterocycles. The summed E-state index contributed by atoms with van der Waals surface area (Å²) < 4.78 is 0. The summed E-state index contributed by atoms with van der Waals surface area (Å²) in [5.74, 6) is -0.0769. The number of carbonyl (C=O) groups excluding carboxylic acids is 1. The standard InChI is InChI=1S/C15H17N3O/c1-11-3-4-13(15(19)16-2)9-14(11)18-10-12-5-7-17-8-6-12/h3-9,18H,10H2,1-2H3,(H,16,19). The van der Waals surface area contributed by atoms with Crippen molar-refractivity contribution in [2.24, 2.45) is 0 Å². The number of benzene rings is 1. The van der Waals surface area contributed by atoms with E-state index in [4.69, 9.17) is 0 Å². The van der Waals surface area contributed by atoms with Gasteiger partial charge in [0.05, 0.1) is 0 Å². The van der Waals surface area contributed by atoms with Gasteiger partial charge < -0.3 is 10.6 Å². The quantitative estimate of drug-likeness (QED) is 0.881. The van der Waals surface area contributed by atoms with Crippen LogP contribution in [0.1, 0.15) is 21.5 Å². The first-order valence-corrected chi connectivity index (χ1v) is 6.16. The summed E-state index contributed by atoms with van der Waals surface area (Å²) in [6.07, 6.45) is 3.54. The zero-order valence-electron chi connectivity index (χ0n) is 11.1. The van der Waals surface area contributed by atoms with E-state index >= 15 is 0 Å². The smallest absolute Gasteiger partial charge is 0.251 e. The average Bonchev–Trinajstić information content (AvgIpc) is 2.46. The predicted octanol–water partition coefficient (Wildman–Crippen LogP) is 2.36. The zero-order chi connectivity index (χ0) is 13.7. The molecule has 0 radical (unpaired) electrons. The Morgan fingerprint density at radius 1 is 1.21 bits per heavy atom. The third kappa shape index (κ3) is 3.31. The molecule has 2 rings (SSSR count). The second kappa shape index (κ2) is 6.00. The van der Waals surface area contributed by atoms with Crippen molar-refractivity contribution in [2.45, 2.75) is 13.5 Å². The molecule has 0 spiro atoms. The number of amides is 1. The monoisotopic (exact) mass is 255 g/mol. The highest BCUT2D eigenvalue weighted by atomic mass is 16.1. The Labute approximate surface area is 112 Å². The fraction of sp³-hybridized carbons (Fsp3) is 0.200. The van der Waals surface area contributed by atoms with Gasteiger partial charge >= 0.3 is 0 Å². The molecule has 0 bridgehead atoms. The van der Waals surface area contributed by atoms with E-state index in [0.717, 1.165) is 16.8 Å². The summed E-state index contributed by atoms with van der Waals surface area (Å²) in [6, 6.07) is 9.57. The molecule has 0 aliphatic rings. The number of rotatable bonds is 4. The predicted molar refractivity (Wildman–Crippen MR) is 76.1 cm³/mol. The lowest BCUT2D eigenvalue weighted by atomic mass is 10.1.